The van der Waals surface area contributed by atoms with Crippen molar-refractivity contribution in [3.8, 4) is 0 Å². The van der Waals surface area contributed by atoms with E-state index in [1.54, 1.807) is 17.6 Å². The van der Waals surface area contributed by atoms with Crippen LogP contribution in [-0.4, -0.2) is 19.3 Å². The maximum Gasteiger partial charge on any atom is 0.0402 e. The summed E-state index contributed by atoms with van der Waals surface area (Å²) in [5.74, 6) is 0.602. The smallest absolute Gasteiger partial charge is 0.0402 e. The Morgan fingerprint density at radius 1 is 1.60 bits per heavy atom. The van der Waals surface area contributed by atoms with E-state index in [1.165, 1.54) is 11.1 Å². The molecule has 0 bridgehead atoms. The predicted molar refractivity (Wildman–Crippen MR) is 64.5 cm³/mol. The van der Waals surface area contributed by atoms with E-state index in [0.717, 1.165) is 19.5 Å². The third-order valence-corrected chi connectivity index (χ3v) is 4.34. The molecule has 2 atom stereocenters. The highest BCUT2D eigenvalue weighted by molar-refractivity contribution is 7.08. The maximum absolute atomic E-state index is 7.63. The lowest BCUT2D eigenvalue weighted by molar-refractivity contribution is 0.459. The Morgan fingerprint density at radius 2 is 2.53 bits per heavy atom. The average molecular weight is 218 g/mol. The van der Waals surface area contributed by atoms with Crippen LogP contribution in [0.2, 0.25) is 0 Å². The first-order valence-electron chi connectivity index (χ1n) is 5.31. The lowest BCUT2D eigenvalue weighted by atomic mass is 9.82. The third-order valence-electron chi connectivity index (χ3n) is 3.65. The van der Waals surface area contributed by atoms with Gasteiger partial charge in [0.05, 0.1) is 0 Å². The third kappa shape index (κ3) is 1.30. The van der Waals surface area contributed by atoms with Crippen molar-refractivity contribution in [1.82, 2.24) is 5.32 Å². The second-order valence-electron chi connectivity index (χ2n) is 4.47. The molecular formula is C12H14N2S. The monoisotopic (exact) mass is 218 g/mol. The highest BCUT2D eigenvalue weighted by atomic mass is 32.1. The van der Waals surface area contributed by atoms with Crippen LogP contribution in [0.3, 0.4) is 0 Å². The van der Waals surface area contributed by atoms with Crippen molar-refractivity contribution < 1.29 is 0 Å². The van der Waals surface area contributed by atoms with E-state index in [2.05, 4.69) is 28.2 Å². The standard InChI is InChI=1S/C12H14N2S/c13-7-12-4-10(9-1-2-15-6-9)3-11(12)5-14-8-12/h1-2,4,6-7,11,13-14H,3,5,8H2. The molecule has 3 heteroatoms. The van der Waals surface area contributed by atoms with E-state index < -0.39 is 0 Å². The van der Waals surface area contributed by atoms with Crippen molar-refractivity contribution in [2.24, 2.45) is 11.3 Å². The van der Waals surface area contributed by atoms with Crippen LogP contribution in [0.15, 0.2) is 22.9 Å². The largest absolute Gasteiger partial charge is 0.315 e. The number of allylic oxidation sites excluding steroid dienone is 1. The molecule has 1 saturated heterocycles. The summed E-state index contributed by atoms with van der Waals surface area (Å²) < 4.78 is 0. The minimum Gasteiger partial charge on any atom is -0.315 e. The summed E-state index contributed by atoms with van der Waals surface area (Å²) in [7, 11) is 0. The molecule has 1 aromatic rings. The first kappa shape index (κ1) is 9.31. The van der Waals surface area contributed by atoms with Gasteiger partial charge in [0.25, 0.3) is 0 Å². The van der Waals surface area contributed by atoms with Crippen LogP contribution in [-0.2, 0) is 0 Å². The molecule has 78 valence electrons. The number of thiophene rings is 1. The molecule has 0 amide bonds. The summed E-state index contributed by atoms with van der Waals surface area (Å²) in [5, 5.41) is 15.3. The van der Waals surface area contributed by atoms with Gasteiger partial charge in [-0.15, -0.1) is 0 Å². The van der Waals surface area contributed by atoms with Gasteiger partial charge in [-0.05, 0) is 46.8 Å². The summed E-state index contributed by atoms with van der Waals surface area (Å²) in [6.45, 7) is 1.99. The molecule has 3 rings (SSSR count). The fourth-order valence-electron chi connectivity index (χ4n) is 2.74. The molecule has 0 radical (unpaired) electrons. The first-order valence-corrected chi connectivity index (χ1v) is 6.25. The quantitative estimate of drug-likeness (QED) is 0.735. The zero-order chi connectivity index (χ0) is 10.3. The van der Waals surface area contributed by atoms with Gasteiger partial charge in [-0.3, -0.25) is 0 Å². The predicted octanol–water partition coefficient (Wildman–Crippen LogP) is 2.39. The molecule has 2 aliphatic rings. The minimum atomic E-state index is 0.0112. The minimum absolute atomic E-state index is 0.0112. The van der Waals surface area contributed by atoms with Crippen LogP contribution in [0.25, 0.3) is 5.57 Å². The topological polar surface area (TPSA) is 35.9 Å². The summed E-state index contributed by atoms with van der Waals surface area (Å²) >= 11 is 1.75. The van der Waals surface area contributed by atoms with Crippen LogP contribution in [0, 0.1) is 16.7 Å². The summed E-state index contributed by atoms with van der Waals surface area (Å²) in [5.41, 5.74) is 2.80. The van der Waals surface area contributed by atoms with Crippen molar-refractivity contribution in [2.75, 3.05) is 13.1 Å². The van der Waals surface area contributed by atoms with Gasteiger partial charge < -0.3 is 10.7 Å². The van der Waals surface area contributed by atoms with Crippen molar-refractivity contribution in [2.45, 2.75) is 6.42 Å². The van der Waals surface area contributed by atoms with Gasteiger partial charge in [-0.2, -0.15) is 11.3 Å². The summed E-state index contributed by atoms with van der Waals surface area (Å²) in [4.78, 5) is 0. The molecule has 1 aromatic heterocycles. The molecule has 1 fully saturated rings. The number of nitrogens with one attached hydrogen (secondary N) is 2. The maximum atomic E-state index is 7.63. The molecule has 0 aromatic carbocycles. The average Bonchev–Trinajstić information content (AvgIpc) is 2.92. The Labute approximate surface area is 93.5 Å². The zero-order valence-electron chi connectivity index (χ0n) is 8.49. The Kier molecular flexibility index (Phi) is 2.04. The lowest BCUT2D eigenvalue weighted by Gasteiger charge is -2.20. The second kappa shape index (κ2) is 3.29. The van der Waals surface area contributed by atoms with Crippen LogP contribution >= 0.6 is 11.3 Å². The van der Waals surface area contributed by atoms with Crippen molar-refractivity contribution in [3.05, 3.63) is 28.5 Å². The van der Waals surface area contributed by atoms with Crippen molar-refractivity contribution >= 4 is 23.1 Å². The molecule has 0 saturated carbocycles. The Balaban J connectivity index is 1.98. The molecule has 2 heterocycles. The Hall–Kier alpha value is -0.930. The molecular weight excluding hydrogens is 204 g/mol. The van der Waals surface area contributed by atoms with E-state index >= 15 is 0 Å². The summed E-state index contributed by atoms with van der Waals surface area (Å²) in [6, 6.07) is 2.18. The molecule has 2 nitrogen and oxygen atoms in total. The Morgan fingerprint density at radius 3 is 3.20 bits per heavy atom. The van der Waals surface area contributed by atoms with E-state index in [0.29, 0.717) is 5.92 Å². The van der Waals surface area contributed by atoms with Crippen LogP contribution in [0.1, 0.15) is 12.0 Å². The van der Waals surface area contributed by atoms with Crippen molar-refractivity contribution in [1.29, 1.82) is 5.41 Å². The van der Waals surface area contributed by atoms with Gasteiger partial charge in [0, 0.05) is 18.2 Å². The molecule has 2 unspecified atom stereocenters. The second-order valence-corrected chi connectivity index (χ2v) is 5.25. The highest BCUT2D eigenvalue weighted by Gasteiger charge is 2.44. The molecule has 15 heavy (non-hydrogen) atoms. The SMILES string of the molecule is N=CC12C=C(c3ccsc3)CC1CNC2. The van der Waals surface area contributed by atoms with Crippen LogP contribution < -0.4 is 5.32 Å². The van der Waals surface area contributed by atoms with Gasteiger partial charge in [0.1, 0.15) is 0 Å². The van der Waals surface area contributed by atoms with Gasteiger partial charge in [-0.1, -0.05) is 6.08 Å². The lowest BCUT2D eigenvalue weighted by Crippen LogP contribution is -2.25. The molecule has 1 aliphatic carbocycles. The fourth-order valence-corrected chi connectivity index (χ4v) is 3.42. The Bertz CT molecular complexity index is 407. The molecule has 2 N–H and O–H groups in total. The number of hydrogen-bond donors (Lipinski definition) is 2. The zero-order valence-corrected chi connectivity index (χ0v) is 9.31. The van der Waals surface area contributed by atoms with Gasteiger partial charge in [0.15, 0.2) is 0 Å². The number of hydrogen-bond acceptors (Lipinski definition) is 3. The van der Waals surface area contributed by atoms with Crippen molar-refractivity contribution in [3.63, 3.8) is 0 Å². The van der Waals surface area contributed by atoms with Crippen LogP contribution in [0.5, 0.6) is 0 Å². The van der Waals surface area contributed by atoms with Gasteiger partial charge >= 0.3 is 0 Å². The molecule has 1 aliphatic heterocycles. The van der Waals surface area contributed by atoms with E-state index in [4.69, 9.17) is 5.41 Å². The van der Waals surface area contributed by atoms with Gasteiger partial charge in [-0.25, -0.2) is 0 Å². The van der Waals surface area contributed by atoms with E-state index in [-0.39, 0.29) is 5.41 Å². The van der Waals surface area contributed by atoms with E-state index in [9.17, 15) is 0 Å². The number of fused-ring (bicyclic) bond motifs is 1. The summed E-state index contributed by atoms with van der Waals surface area (Å²) in [6.07, 6.45) is 5.07. The normalized spacial score (nSPS) is 33.9. The van der Waals surface area contributed by atoms with Gasteiger partial charge in [0.2, 0.25) is 0 Å². The van der Waals surface area contributed by atoms with Crippen LogP contribution in [0.4, 0.5) is 0 Å². The molecule has 0 spiro atoms. The fraction of sp³-hybridized carbons (Fsp3) is 0.417. The highest BCUT2D eigenvalue weighted by Crippen LogP contribution is 2.46. The van der Waals surface area contributed by atoms with E-state index in [1.807, 2.05) is 0 Å². The number of rotatable bonds is 2. The first-order chi connectivity index (χ1) is 7.34.